The standard InChI is InChI=1S/C23H38N4O/c1-19-6-8-21(9-7-19)22(27-13-4-5-14-27)18-25-23(24-2)26(3)15-10-20-11-16-28-17-12-20/h6-9,20,22H,4-5,10-18H2,1-3H3,(H,24,25). The Morgan fingerprint density at radius 1 is 1.21 bits per heavy atom. The maximum absolute atomic E-state index is 5.48. The van der Waals surface area contributed by atoms with Gasteiger partial charge in [-0.15, -0.1) is 0 Å². The summed E-state index contributed by atoms with van der Waals surface area (Å²) in [5.41, 5.74) is 2.72. The Labute approximate surface area is 171 Å². The Kier molecular flexibility index (Phi) is 8.16. The molecule has 28 heavy (non-hydrogen) atoms. The summed E-state index contributed by atoms with van der Waals surface area (Å²) in [4.78, 5) is 9.45. The minimum Gasteiger partial charge on any atom is -0.381 e. The van der Waals surface area contributed by atoms with E-state index in [-0.39, 0.29) is 0 Å². The zero-order chi connectivity index (χ0) is 19.8. The monoisotopic (exact) mass is 386 g/mol. The molecule has 2 heterocycles. The van der Waals surface area contributed by atoms with Crippen molar-refractivity contribution in [2.24, 2.45) is 10.9 Å². The maximum atomic E-state index is 5.48. The van der Waals surface area contributed by atoms with E-state index in [1.54, 1.807) is 0 Å². The van der Waals surface area contributed by atoms with E-state index in [1.165, 1.54) is 56.3 Å². The summed E-state index contributed by atoms with van der Waals surface area (Å²) in [7, 11) is 4.05. The van der Waals surface area contributed by atoms with Gasteiger partial charge in [-0.3, -0.25) is 9.89 Å². The first-order valence-corrected chi connectivity index (χ1v) is 11.0. The topological polar surface area (TPSA) is 40.1 Å². The zero-order valence-electron chi connectivity index (χ0n) is 18.0. The third-order valence-electron chi connectivity index (χ3n) is 6.28. The van der Waals surface area contributed by atoms with Gasteiger partial charge >= 0.3 is 0 Å². The van der Waals surface area contributed by atoms with Gasteiger partial charge in [0.15, 0.2) is 5.96 Å². The number of benzene rings is 1. The Hall–Kier alpha value is -1.59. The van der Waals surface area contributed by atoms with Crippen LogP contribution in [0.1, 0.15) is 49.3 Å². The van der Waals surface area contributed by atoms with Crippen molar-refractivity contribution in [3.05, 3.63) is 35.4 Å². The van der Waals surface area contributed by atoms with Crippen molar-refractivity contribution in [2.75, 3.05) is 53.5 Å². The molecule has 1 atom stereocenters. The fraction of sp³-hybridized carbons (Fsp3) is 0.696. The quantitative estimate of drug-likeness (QED) is 0.575. The van der Waals surface area contributed by atoms with Crippen LogP contribution in [0.4, 0.5) is 0 Å². The van der Waals surface area contributed by atoms with Gasteiger partial charge in [0.25, 0.3) is 0 Å². The Balaban J connectivity index is 1.56. The second-order valence-electron chi connectivity index (χ2n) is 8.36. The third-order valence-corrected chi connectivity index (χ3v) is 6.28. The number of hydrogen-bond donors (Lipinski definition) is 1. The van der Waals surface area contributed by atoms with E-state index in [4.69, 9.17) is 4.74 Å². The molecule has 1 aromatic rings. The van der Waals surface area contributed by atoms with Crippen LogP contribution in [-0.4, -0.2) is 69.2 Å². The summed E-state index contributed by atoms with van der Waals surface area (Å²) in [6.07, 6.45) is 6.23. The molecule has 1 N–H and O–H groups in total. The van der Waals surface area contributed by atoms with Crippen LogP contribution in [0.3, 0.4) is 0 Å². The van der Waals surface area contributed by atoms with Crippen LogP contribution in [0.5, 0.6) is 0 Å². The van der Waals surface area contributed by atoms with Crippen LogP contribution in [0, 0.1) is 12.8 Å². The van der Waals surface area contributed by atoms with Gasteiger partial charge < -0.3 is 15.0 Å². The molecule has 2 fully saturated rings. The van der Waals surface area contributed by atoms with Gasteiger partial charge in [-0.1, -0.05) is 29.8 Å². The highest BCUT2D eigenvalue weighted by Crippen LogP contribution is 2.25. The molecule has 0 saturated carbocycles. The Morgan fingerprint density at radius 2 is 1.89 bits per heavy atom. The molecule has 5 nitrogen and oxygen atoms in total. The molecule has 0 amide bonds. The molecule has 1 aromatic carbocycles. The molecule has 1 unspecified atom stereocenters. The first-order valence-electron chi connectivity index (χ1n) is 11.0. The molecule has 0 aliphatic carbocycles. The van der Waals surface area contributed by atoms with E-state index >= 15 is 0 Å². The minimum absolute atomic E-state index is 0.406. The molecule has 0 aromatic heterocycles. The molecule has 3 rings (SSSR count). The summed E-state index contributed by atoms with van der Waals surface area (Å²) in [5.74, 6) is 1.79. The summed E-state index contributed by atoms with van der Waals surface area (Å²) in [5, 5.41) is 3.66. The second-order valence-corrected chi connectivity index (χ2v) is 8.36. The number of likely N-dealkylation sites (tertiary alicyclic amines) is 1. The van der Waals surface area contributed by atoms with Gasteiger partial charge in [-0.25, -0.2) is 0 Å². The highest BCUT2D eigenvalue weighted by atomic mass is 16.5. The lowest BCUT2D eigenvalue weighted by atomic mass is 9.96. The fourth-order valence-electron chi connectivity index (χ4n) is 4.39. The smallest absolute Gasteiger partial charge is 0.193 e. The van der Waals surface area contributed by atoms with Crippen LogP contribution < -0.4 is 5.32 Å². The fourth-order valence-corrected chi connectivity index (χ4v) is 4.39. The van der Waals surface area contributed by atoms with Crippen molar-refractivity contribution < 1.29 is 4.74 Å². The van der Waals surface area contributed by atoms with Crippen LogP contribution in [-0.2, 0) is 4.74 Å². The van der Waals surface area contributed by atoms with E-state index in [0.717, 1.165) is 38.2 Å². The molecule has 2 saturated heterocycles. The van der Waals surface area contributed by atoms with Crippen LogP contribution in [0.15, 0.2) is 29.3 Å². The van der Waals surface area contributed by atoms with Crippen molar-refractivity contribution in [2.45, 2.75) is 45.1 Å². The van der Waals surface area contributed by atoms with Crippen molar-refractivity contribution in [1.82, 2.24) is 15.1 Å². The Morgan fingerprint density at radius 3 is 2.54 bits per heavy atom. The molecule has 0 bridgehead atoms. The predicted molar refractivity (Wildman–Crippen MR) is 117 cm³/mol. The van der Waals surface area contributed by atoms with E-state index < -0.39 is 0 Å². The van der Waals surface area contributed by atoms with Gasteiger partial charge in [-0.05, 0) is 63.6 Å². The number of nitrogens with zero attached hydrogens (tertiary/aromatic N) is 3. The lowest BCUT2D eigenvalue weighted by Gasteiger charge is -2.31. The lowest BCUT2D eigenvalue weighted by Crippen LogP contribution is -2.44. The number of aryl methyl sites for hydroxylation is 1. The average Bonchev–Trinajstić information content (AvgIpc) is 3.26. The van der Waals surface area contributed by atoms with E-state index in [0.29, 0.717) is 6.04 Å². The van der Waals surface area contributed by atoms with E-state index in [9.17, 15) is 0 Å². The number of rotatable bonds is 7. The van der Waals surface area contributed by atoms with E-state index in [2.05, 4.69) is 58.3 Å². The summed E-state index contributed by atoms with van der Waals surface area (Å²) >= 11 is 0. The SMILES string of the molecule is CN=C(NCC(c1ccc(C)cc1)N1CCCC1)N(C)CCC1CCOCC1. The molecular weight excluding hydrogens is 348 g/mol. The van der Waals surface area contributed by atoms with Crippen LogP contribution in [0.25, 0.3) is 0 Å². The molecule has 5 heteroatoms. The normalized spacial score (nSPS) is 20.3. The van der Waals surface area contributed by atoms with Crippen molar-refractivity contribution in [3.63, 3.8) is 0 Å². The van der Waals surface area contributed by atoms with E-state index in [1.807, 2.05) is 7.05 Å². The maximum Gasteiger partial charge on any atom is 0.193 e. The molecule has 0 spiro atoms. The van der Waals surface area contributed by atoms with Crippen molar-refractivity contribution in [3.8, 4) is 0 Å². The largest absolute Gasteiger partial charge is 0.381 e. The highest BCUT2D eigenvalue weighted by Gasteiger charge is 2.24. The summed E-state index contributed by atoms with van der Waals surface area (Å²) in [6.45, 7) is 8.34. The Bertz CT molecular complexity index is 604. The molecular formula is C23H38N4O. The van der Waals surface area contributed by atoms with Crippen LogP contribution >= 0.6 is 0 Å². The number of aliphatic imine (C=N–C) groups is 1. The van der Waals surface area contributed by atoms with Crippen LogP contribution in [0.2, 0.25) is 0 Å². The number of hydrogen-bond acceptors (Lipinski definition) is 3. The van der Waals surface area contributed by atoms with Crippen molar-refractivity contribution in [1.29, 1.82) is 0 Å². The summed E-state index contributed by atoms with van der Waals surface area (Å²) in [6, 6.07) is 9.44. The minimum atomic E-state index is 0.406. The average molecular weight is 387 g/mol. The first-order chi connectivity index (χ1) is 13.7. The molecule has 2 aliphatic heterocycles. The first kappa shape index (κ1) is 21.1. The predicted octanol–water partition coefficient (Wildman–Crippen LogP) is 3.46. The summed E-state index contributed by atoms with van der Waals surface area (Å²) < 4.78 is 5.48. The molecule has 156 valence electrons. The van der Waals surface area contributed by atoms with Gasteiger partial charge in [0.2, 0.25) is 0 Å². The number of guanidine groups is 1. The lowest BCUT2D eigenvalue weighted by molar-refractivity contribution is 0.0625. The second kappa shape index (κ2) is 10.8. The molecule has 2 aliphatic rings. The van der Waals surface area contributed by atoms with Gasteiger partial charge in [0, 0.05) is 40.4 Å². The molecule has 0 radical (unpaired) electrons. The highest BCUT2D eigenvalue weighted by molar-refractivity contribution is 5.79. The van der Waals surface area contributed by atoms with Gasteiger partial charge in [0.05, 0.1) is 6.04 Å². The number of nitrogens with one attached hydrogen (secondary N) is 1. The third kappa shape index (κ3) is 5.95. The van der Waals surface area contributed by atoms with Crippen molar-refractivity contribution >= 4 is 5.96 Å². The van der Waals surface area contributed by atoms with Gasteiger partial charge in [0.1, 0.15) is 0 Å². The zero-order valence-corrected chi connectivity index (χ0v) is 18.0. The number of ether oxygens (including phenoxy) is 1. The van der Waals surface area contributed by atoms with Gasteiger partial charge in [-0.2, -0.15) is 0 Å².